The lowest BCUT2D eigenvalue weighted by molar-refractivity contribution is 0.245. The number of rotatable bonds is 4. The van der Waals surface area contributed by atoms with Gasteiger partial charge in [0, 0.05) is 55.8 Å². The van der Waals surface area contributed by atoms with Crippen molar-refractivity contribution in [2.24, 2.45) is 0 Å². The predicted molar refractivity (Wildman–Crippen MR) is 114 cm³/mol. The molecule has 0 amide bonds. The van der Waals surface area contributed by atoms with E-state index in [0.29, 0.717) is 17.9 Å². The quantitative estimate of drug-likeness (QED) is 0.497. The van der Waals surface area contributed by atoms with Crippen LogP contribution in [0.3, 0.4) is 0 Å². The van der Waals surface area contributed by atoms with E-state index in [1.807, 2.05) is 24.5 Å². The van der Waals surface area contributed by atoms with Crippen molar-refractivity contribution in [2.75, 3.05) is 6.54 Å². The van der Waals surface area contributed by atoms with E-state index in [4.69, 9.17) is 16.1 Å². The molecule has 4 aromatic rings. The molecule has 5 rings (SSSR count). The van der Waals surface area contributed by atoms with Gasteiger partial charge in [-0.15, -0.1) is 0 Å². The van der Waals surface area contributed by atoms with Gasteiger partial charge in [-0.2, -0.15) is 0 Å². The first kappa shape index (κ1) is 18.8. The van der Waals surface area contributed by atoms with Crippen LogP contribution < -0.4 is 0 Å². The van der Waals surface area contributed by atoms with E-state index in [-0.39, 0.29) is 16.5 Å². The summed E-state index contributed by atoms with van der Waals surface area (Å²) >= 11 is 6.04. The van der Waals surface area contributed by atoms with E-state index >= 15 is 0 Å². The molecule has 1 aliphatic rings. The van der Waals surface area contributed by atoms with Crippen LogP contribution in [0.15, 0.2) is 65.4 Å². The summed E-state index contributed by atoms with van der Waals surface area (Å²) in [6.07, 6.45) is 4.83. The first-order chi connectivity index (χ1) is 14.6. The lowest BCUT2D eigenvalue weighted by Gasteiger charge is -2.26. The van der Waals surface area contributed by atoms with Gasteiger partial charge in [-0.3, -0.25) is 4.90 Å². The number of aromatic nitrogens is 2. The van der Waals surface area contributed by atoms with Gasteiger partial charge in [0.05, 0.1) is 16.3 Å². The van der Waals surface area contributed by atoms with E-state index < -0.39 is 0 Å². The molecule has 0 spiro atoms. The molecule has 0 bridgehead atoms. The van der Waals surface area contributed by atoms with Crippen LogP contribution >= 0.6 is 11.6 Å². The molecule has 30 heavy (non-hydrogen) atoms. The Hall–Kier alpha value is -3.22. The third-order valence-electron chi connectivity index (χ3n) is 5.47. The number of halogens is 1. The highest BCUT2D eigenvalue weighted by molar-refractivity contribution is 6.32. The predicted octanol–water partition coefficient (Wildman–Crippen LogP) is 4.76. The number of benzene rings is 2. The molecule has 0 saturated heterocycles. The Morgan fingerprint density at radius 2 is 1.80 bits per heavy atom. The highest BCUT2D eigenvalue weighted by Gasteiger charge is 2.26. The second-order valence-electron chi connectivity index (χ2n) is 7.48. The molecule has 0 saturated carbocycles. The van der Waals surface area contributed by atoms with Gasteiger partial charge in [-0.05, 0) is 35.9 Å². The van der Waals surface area contributed by atoms with Crippen molar-refractivity contribution >= 4 is 11.6 Å². The number of hydrogen-bond donors (Lipinski definition) is 2. The largest absolute Gasteiger partial charge is 0.507 e. The molecular formula is C23H20ClN3O3. The summed E-state index contributed by atoms with van der Waals surface area (Å²) in [5.41, 5.74) is 4.63. The second-order valence-corrected chi connectivity index (χ2v) is 7.88. The normalized spacial score (nSPS) is 14.0. The second kappa shape index (κ2) is 7.55. The fourth-order valence-corrected chi connectivity index (χ4v) is 4.05. The Bertz CT molecular complexity index is 1180. The van der Waals surface area contributed by atoms with E-state index in [1.165, 1.54) is 17.7 Å². The van der Waals surface area contributed by atoms with Gasteiger partial charge in [0.15, 0.2) is 5.76 Å². The molecule has 152 valence electrons. The summed E-state index contributed by atoms with van der Waals surface area (Å²) in [5.74, 6) is 0.238. The summed E-state index contributed by atoms with van der Waals surface area (Å²) in [4.78, 5) is 2.33. The molecule has 2 aromatic heterocycles. The van der Waals surface area contributed by atoms with Crippen LogP contribution in [0.25, 0.3) is 17.0 Å². The maximum Gasteiger partial charge on any atom is 0.175 e. The molecule has 0 atom stereocenters. The monoisotopic (exact) mass is 421 g/mol. The van der Waals surface area contributed by atoms with Crippen molar-refractivity contribution in [3.63, 3.8) is 0 Å². The van der Waals surface area contributed by atoms with Crippen LogP contribution in [0, 0.1) is 0 Å². The average molecular weight is 422 g/mol. The molecule has 3 heterocycles. The smallest absolute Gasteiger partial charge is 0.175 e. The van der Waals surface area contributed by atoms with Crippen molar-refractivity contribution in [1.82, 2.24) is 14.6 Å². The van der Waals surface area contributed by atoms with Gasteiger partial charge in [0.1, 0.15) is 11.5 Å². The summed E-state index contributed by atoms with van der Waals surface area (Å²) in [6.45, 7) is 2.34. The number of aromatic hydroxyl groups is 2. The Labute approximate surface area is 178 Å². The maximum atomic E-state index is 10.3. The van der Waals surface area contributed by atoms with Crippen LogP contribution in [0.1, 0.15) is 16.8 Å². The number of fused-ring (bicyclic) bond motifs is 1. The minimum atomic E-state index is -0.170. The minimum absolute atomic E-state index is 0.0893. The number of phenols is 2. The lowest BCUT2D eigenvalue weighted by atomic mass is 10.0. The summed E-state index contributed by atoms with van der Waals surface area (Å²) < 4.78 is 7.63. The molecule has 0 fully saturated rings. The average Bonchev–Trinajstić information content (AvgIpc) is 3.41. The Morgan fingerprint density at radius 3 is 2.57 bits per heavy atom. The molecule has 1 aliphatic heterocycles. The van der Waals surface area contributed by atoms with Crippen LogP contribution in [-0.4, -0.2) is 31.4 Å². The first-order valence-electron chi connectivity index (χ1n) is 9.72. The molecule has 0 radical (unpaired) electrons. The topological polar surface area (TPSA) is 74.7 Å². The lowest BCUT2D eigenvalue weighted by Crippen LogP contribution is -2.30. The SMILES string of the molecule is Oc1cc(O)c(-c2onc3c2CN(Cc2ccc(-n4cccc4)cc2)CC3)cc1Cl. The zero-order valence-corrected chi connectivity index (χ0v) is 16.9. The van der Waals surface area contributed by atoms with Gasteiger partial charge in [0.25, 0.3) is 0 Å². The summed E-state index contributed by atoms with van der Waals surface area (Å²) in [7, 11) is 0. The summed E-state index contributed by atoms with van der Waals surface area (Å²) in [6, 6.07) is 15.3. The number of hydrogen-bond acceptors (Lipinski definition) is 5. The molecule has 7 heteroatoms. The van der Waals surface area contributed by atoms with E-state index in [9.17, 15) is 10.2 Å². The van der Waals surface area contributed by atoms with Crippen molar-refractivity contribution in [2.45, 2.75) is 19.5 Å². The van der Waals surface area contributed by atoms with Gasteiger partial charge in [-0.1, -0.05) is 28.9 Å². The minimum Gasteiger partial charge on any atom is -0.507 e. The number of nitrogens with zero attached hydrogens (tertiary/aromatic N) is 3. The Kier molecular flexibility index (Phi) is 4.73. The molecule has 0 unspecified atom stereocenters. The zero-order chi connectivity index (χ0) is 20.7. The number of phenolic OH excluding ortho intramolecular Hbond substituents is 2. The fourth-order valence-electron chi connectivity index (χ4n) is 3.89. The highest BCUT2D eigenvalue weighted by atomic mass is 35.5. The highest BCUT2D eigenvalue weighted by Crippen LogP contribution is 2.40. The molecule has 0 aliphatic carbocycles. The van der Waals surface area contributed by atoms with Crippen molar-refractivity contribution in [3.05, 3.63) is 82.8 Å². The molecule has 2 aromatic carbocycles. The molecule has 2 N–H and O–H groups in total. The third kappa shape index (κ3) is 3.44. The van der Waals surface area contributed by atoms with Crippen molar-refractivity contribution in [1.29, 1.82) is 0 Å². The van der Waals surface area contributed by atoms with E-state index in [1.54, 1.807) is 0 Å². The van der Waals surface area contributed by atoms with Crippen LogP contribution in [-0.2, 0) is 19.5 Å². The standard InChI is InChI=1S/C23H20ClN3O3/c24-19-11-17(21(28)12-22(19)29)23-18-14-26(10-7-20(18)25-30-23)13-15-3-5-16(6-4-15)27-8-1-2-9-27/h1-6,8-9,11-12,28-29H,7,10,13-14H2. The van der Waals surface area contributed by atoms with Crippen molar-refractivity contribution < 1.29 is 14.7 Å². The van der Waals surface area contributed by atoms with Crippen LogP contribution in [0.4, 0.5) is 0 Å². The van der Waals surface area contributed by atoms with Gasteiger partial charge < -0.3 is 19.3 Å². The zero-order valence-electron chi connectivity index (χ0n) is 16.1. The van der Waals surface area contributed by atoms with E-state index in [0.717, 1.165) is 36.5 Å². The third-order valence-corrected chi connectivity index (χ3v) is 5.77. The van der Waals surface area contributed by atoms with Crippen LogP contribution in [0.2, 0.25) is 5.02 Å². The van der Waals surface area contributed by atoms with Gasteiger partial charge in [0.2, 0.25) is 0 Å². The van der Waals surface area contributed by atoms with E-state index in [2.05, 4.69) is 38.9 Å². The fraction of sp³-hybridized carbons (Fsp3) is 0.174. The van der Waals surface area contributed by atoms with Gasteiger partial charge >= 0.3 is 0 Å². The molecule has 6 nitrogen and oxygen atoms in total. The first-order valence-corrected chi connectivity index (χ1v) is 10.1. The Balaban J connectivity index is 1.37. The van der Waals surface area contributed by atoms with Gasteiger partial charge in [-0.25, -0.2) is 0 Å². The molecular weight excluding hydrogens is 402 g/mol. The van der Waals surface area contributed by atoms with Crippen LogP contribution in [0.5, 0.6) is 11.5 Å². The van der Waals surface area contributed by atoms with Crippen molar-refractivity contribution in [3.8, 4) is 28.5 Å². The maximum absolute atomic E-state index is 10.3. The Morgan fingerprint density at radius 1 is 1.03 bits per heavy atom. The summed E-state index contributed by atoms with van der Waals surface area (Å²) in [5, 5.41) is 24.3.